The minimum absolute atomic E-state index is 0.0156. The van der Waals surface area contributed by atoms with Crippen LogP contribution in [0.1, 0.15) is 23.2 Å². The summed E-state index contributed by atoms with van der Waals surface area (Å²) in [6, 6.07) is 5.49. The number of amides is 1. The molecule has 0 aromatic carbocycles. The molecule has 2 aromatic rings. The van der Waals surface area contributed by atoms with Crippen LogP contribution in [-0.4, -0.2) is 71.2 Å². The number of piperazine rings is 1. The zero-order chi connectivity index (χ0) is 18.5. The minimum Gasteiger partial charge on any atom is -0.376 e. The van der Waals surface area contributed by atoms with Gasteiger partial charge in [0.15, 0.2) is 0 Å². The van der Waals surface area contributed by atoms with E-state index in [1.54, 1.807) is 24.7 Å². The van der Waals surface area contributed by atoms with E-state index in [0.29, 0.717) is 24.6 Å². The normalized spacial score (nSPS) is 19.9. The van der Waals surface area contributed by atoms with Crippen LogP contribution in [0.4, 0.5) is 11.8 Å². The van der Waals surface area contributed by atoms with E-state index in [1.807, 2.05) is 17.0 Å². The summed E-state index contributed by atoms with van der Waals surface area (Å²) >= 11 is 0. The summed E-state index contributed by atoms with van der Waals surface area (Å²) < 4.78 is 5.59. The number of rotatable bonds is 5. The van der Waals surface area contributed by atoms with Gasteiger partial charge in [-0.3, -0.25) is 4.79 Å². The summed E-state index contributed by atoms with van der Waals surface area (Å²) in [4.78, 5) is 29.6. The molecule has 4 heterocycles. The van der Waals surface area contributed by atoms with E-state index in [1.165, 1.54) is 0 Å². The van der Waals surface area contributed by atoms with Crippen molar-refractivity contribution in [3.63, 3.8) is 0 Å². The van der Waals surface area contributed by atoms with Gasteiger partial charge in [-0.15, -0.1) is 0 Å². The molecule has 8 nitrogen and oxygen atoms in total. The summed E-state index contributed by atoms with van der Waals surface area (Å²) in [5.41, 5.74) is 0.613. The smallest absolute Gasteiger partial charge is 0.255 e. The number of hydrogen-bond donors (Lipinski definition) is 1. The number of anilines is 2. The van der Waals surface area contributed by atoms with Crippen molar-refractivity contribution in [1.82, 2.24) is 19.9 Å². The molecule has 1 amide bonds. The van der Waals surface area contributed by atoms with Gasteiger partial charge < -0.3 is 19.9 Å². The summed E-state index contributed by atoms with van der Waals surface area (Å²) in [5, 5.41) is 3.27. The number of pyridine rings is 1. The second-order valence-corrected chi connectivity index (χ2v) is 6.78. The van der Waals surface area contributed by atoms with Crippen LogP contribution >= 0.6 is 0 Å². The summed E-state index contributed by atoms with van der Waals surface area (Å²) in [5.74, 6) is 1.50. The predicted molar refractivity (Wildman–Crippen MR) is 102 cm³/mol. The Kier molecular flexibility index (Phi) is 5.43. The quantitative estimate of drug-likeness (QED) is 0.855. The first-order valence-electron chi connectivity index (χ1n) is 9.42. The molecule has 8 heteroatoms. The van der Waals surface area contributed by atoms with Crippen LogP contribution < -0.4 is 10.2 Å². The first-order chi connectivity index (χ1) is 13.3. The molecule has 0 aliphatic carbocycles. The Balaban J connectivity index is 1.29. The standard InChI is InChI=1S/C19H24N6O2/c26-18(24-8-10-25(11-9-24)19-20-6-2-7-21-19)15-4-5-17(22-13-15)23-14-16-3-1-12-27-16/h2,4-7,13,16H,1,3,8-12,14H2,(H,22,23). The number of nitrogens with one attached hydrogen (secondary N) is 1. The average molecular weight is 368 g/mol. The lowest BCUT2D eigenvalue weighted by Crippen LogP contribution is -2.49. The number of carbonyl (C=O) groups is 1. The molecule has 2 saturated heterocycles. The molecule has 1 atom stereocenters. The van der Waals surface area contributed by atoms with E-state index in [2.05, 4.69) is 25.2 Å². The lowest BCUT2D eigenvalue weighted by atomic mass is 10.2. The molecule has 142 valence electrons. The van der Waals surface area contributed by atoms with Gasteiger partial charge in [-0.05, 0) is 31.0 Å². The Morgan fingerprint density at radius 3 is 2.63 bits per heavy atom. The second-order valence-electron chi connectivity index (χ2n) is 6.78. The molecule has 0 radical (unpaired) electrons. The maximum Gasteiger partial charge on any atom is 0.255 e. The van der Waals surface area contributed by atoms with Gasteiger partial charge in [0.25, 0.3) is 5.91 Å². The van der Waals surface area contributed by atoms with Gasteiger partial charge in [-0.1, -0.05) is 0 Å². The van der Waals surface area contributed by atoms with E-state index in [9.17, 15) is 4.79 Å². The third-order valence-corrected chi connectivity index (χ3v) is 4.95. The van der Waals surface area contributed by atoms with Crippen molar-refractivity contribution in [2.24, 2.45) is 0 Å². The third kappa shape index (κ3) is 4.33. The van der Waals surface area contributed by atoms with Crippen LogP contribution in [0, 0.1) is 0 Å². The Bertz CT molecular complexity index is 741. The lowest BCUT2D eigenvalue weighted by molar-refractivity contribution is 0.0746. The highest BCUT2D eigenvalue weighted by Gasteiger charge is 2.23. The van der Waals surface area contributed by atoms with Crippen molar-refractivity contribution in [3.05, 3.63) is 42.4 Å². The summed E-state index contributed by atoms with van der Waals surface area (Å²) in [7, 11) is 0. The van der Waals surface area contributed by atoms with Crippen molar-refractivity contribution in [2.75, 3.05) is 49.5 Å². The molecule has 1 N–H and O–H groups in total. The molecule has 0 saturated carbocycles. The zero-order valence-electron chi connectivity index (χ0n) is 15.3. The van der Waals surface area contributed by atoms with Crippen LogP contribution in [0.15, 0.2) is 36.8 Å². The number of nitrogens with zero attached hydrogens (tertiary/aromatic N) is 5. The molecule has 2 fully saturated rings. The molecule has 27 heavy (non-hydrogen) atoms. The molecule has 0 bridgehead atoms. The van der Waals surface area contributed by atoms with E-state index in [4.69, 9.17) is 4.74 Å². The SMILES string of the molecule is O=C(c1ccc(NCC2CCCO2)nc1)N1CCN(c2ncccn2)CC1. The van der Waals surface area contributed by atoms with Crippen molar-refractivity contribution in [2.45, 2.75) is 18.9 Å². The second kappa shape index (κ2) is 8.30. The lowest BCUT2D eigenvalue weighted by Gasteiger charge is -2.34. The number of carbonyl (C=O) groups excluding carboxylic acids is 1. The van der Waals surface area contributed by atoms with Crippen molar-refractivity contribution >= 4 is 17.7 Å². The van der Waals surface area contributed by atoms with Crippen LogP contribution in [0.2, 0.25) is 0 Å². The Hall–Kier alpha value is -2.74. The Morgan fingerprint density at radius 1 is 1.15 bits per heavy atom. The van der Waals surface area contributed by atoms with E-state index in [-0.39, 0.29) is 12.0 Å². The van der Waals surface area contributed by atoms with Gasteiger partial charge in [0.2, 0.25) is 5.95 Å². The molecule has 0 spiro atoms. The van der Waals surface area contributed by atoms with Gasteiger partial charge in [0.1, 0.15) is 5.82 Å². The molecule has 2 aromatic heterocycles. The fourth-order valence-corrected chi connectivity index (χ4v) is 3.40. The average Bonchev–Trinajstić information content (AvgIpc) is 3.27. The maximum absolute atomic E-state index is 12.7. The highest BCUT2D eigenvalue weighted by atomic mass is 16.5. The first kappa shape index (κ1) is 17.7. The van der Waals surface area contributed by atoms with Crippen LogP contribution in [0.5, 0.6) is 0 Å². The van der Waals surface area contributed by atoms with Crippen LogP contribution in [0.3, 0.4) is 0 Å². The maximum atomic E-state index is 12.7. The zero-order valence-corrected chi connectivity index (χ0v) is 15.3. The van der Waals surface area contributed by atoms with Crippen LogP contribution in [0.25, 0.3) is 0 Å². The van der Waals surface area contributed by atoms with Gasteiger partial charge in [-0.2, -0.15) is 0 Å². The largest absolute Gasteiger partial charge is 0.376 e. The van der Waals surface area contributed by atoms with Crippen molar-refractivity contribution in [1.29, 1.82) is 0 Å². The minimum atomic E-state index is 0.0156. The van der Waals surface area contributed by atoms with E-state index >= 15 is 0 Å². The molecular formula is C19H24N6O2. The fraction of sp³-hybridized carbons (Fsp3) is 0.474. The highest BCUT2D eigenvalue weighted by Crippen LogP contribution is 2.15. The van der Waals surface area contributed by atoms with Crippen molar-refractivity contribution in [3.8, 4) is 0 Å². The molecule has 2 aliphatic heterocycles. The van der Waals surface area contributed by atoms with Gasteiger partial charge in [0.05, 0.1) is 11.7 Å². The van der Waals surface area contributed by atoms with E-state index in [0.717, 1.165) is 44.9 Å². The predicted octanol–water partition coefficient (Wildman–Crippen LogP) is 1.42. The summed E-state index contributed by atoms with van der Waals surface area (Å²) in [6.07, 6.45) is 7.59. The summed E-state index contributed by atoms with van der Waals surface area (Å²) in [6.45, 7) is 4.35. The molecule has 1 unspecified atom stereocenters. The highest BCUT2D eigenvalue weighted by molar-refractivity contribution is 5.94. The molecule has 2 aliphatic rings. The number of ether oxygens (including phenoxy) is 1. The van der Waals surface area contributed by atoms with Crippen LogP contribution in [-0.2, 0) is 4.74 Å². The first-order valence-corrected chi connectivity index (χ1v) is 9.42. The number of hydrogen-bond acceptors (Lipinski definition) is 7. The Labute approximate surface area is 158 Å². The number of aromatic nitrogens is 3. The molecular weight excluding hydrogens is 344 g/mol. The topological polar surface area (TPSA) is 83.5 Å². The van der Waals surface area contributed by atoms with E-state index < -0.39 is 0 Å². The fourth-order valence-electron chi connectivity index (χ4n) is 3.40. The van der Waals surface area contributed by atoms with Crippen molar-refractivity contribution < 1.29 is 9.53 Å². The van der Waals surface area contributed by atoms with Gasteiger partial charge >= 0.3 is 0 Å². The Morgan fingerprint density at radius 2 is 1.96 bits per heavy atom. The third-order valence-electron chi connectivity index (χ3n) is 4.95. The molecule has 4 rings (SSSR count). The van der Waals surface area contributed by atoms with Gasteiger partial charge in [-0.25, -0.2) is 15.0 Å². The van der Waals surface area contributed by atoms with Gasteiger partial charge in [0, 0.05) is 57.9 Å². The monoisotopic (exact) mass is 368 g/mol.